The molecule has 0 saturated heterocycles. The molecule has 3 aromatic rings. The number of halogens is 2. The average molecular weight is 348 g/mol. The Morgan fingerprint density at radius 3 is 2.14 bits per heavy atom. The third-order valence-corrected chi connectivity index (χ3v) is 5.40. The minimum atomic E-state index is -2.30. The molecule has 0 aliphatic rings. The SMILES string of the molecule is O=C(c1c(Cl)cccc1Cl)[P+](=O)c1cccc2ccccc12. The van der Waals surface area contributed by atoms with E-state index in [2.05, 4.69) is 0 Å². The zero-order valence-electron chi connectivity index (χ0n) is 11.3. The van der Waals surface area contributed by atoms with Gasteiger partial charge in [0.25, 0.3) is 0 Å². The van der Waals surface area contributed by atoms with Gasteiger partial charge in [0, 0.05) is 5.39 Å². The van der Waals surface area contributed by atoms with Crippen molar-refractivity contribution in [2.75, 3.05) is 0 Å². The van der Waals surface area contributed by atoms with Crippen molar-refractivity contribution in [1.29, 1.82) is 0 Å². The van der Waals surface area contributed by atoms with Crippen molar-refractivity contribution in [3.05, 3.63) is 76.3 Å². The molecule has 0 amide bonds. The zero-order chi connectivity index (χ0) is 15.7. The van der Waals surface area contributed by atoms with Gasteiger partial charge in [-0.25, -0.2) is 4.79 Å². The molecule has 0 radical (unpaired) electrons. The monoisotopic (exact) mass is 347 g/mol. The summed E-state index contributed by atoms with van der Waals surface area (Å²) >= 11 is 12.1. The van der Waals surface area contributed by atoms with Gasteiger partial charge < -0.3 is 0 Å². The number of hydrogen-bond donors (Lipinski definition) is 0. The molecule has 1 unspecified atom stereocenters. The summed E-state index contributed by atoms with van der Waals surface area (Å²) in [6, 6.07) is 17.7. The number of fused-ring (bicyclic) bond motifs is 1. The highest BCUT2D eigenvalue weighted by atomic mass is 35.5. The van der Waals surface area contributed by atoms with Crippen LogP contribution in [0.1, 0.15) is 10.4 Å². The van der Waals surface area contributed by atoms with Crippen molar-refractivity contribution >= 4 is 52.6 Å². The first-order valence-electron chi connectivity index (χ1n) is 6.53. The standard InChI is InChI=1S/C17H10Cl2O2P/c18-13-8-4-9-14(19)16(13)17(20)22(21)15-10-3-6-11-5-1-2-7-12(11)15/h1-10H/q+1. The van der Waals surface area contributed by atoms with Gasteiger partial charge in [0.05, 0.1) is 10.0 Å². The van der Waals surface area contributed by atoms with Gasteiger partial charge in [0.2, 0.25) is 5.30 Å². The van der Waals surface area contributed by atoms with Crippen molar-refractivity contribution in [2.24, 2.45) is 0 Å². The predicted molar refractivity (Wildman–Crippen MR) is 92.0 cm³/mol. The molecule has 22 heavy (non-hydrogen) atoms. The zero-order valence-corrected chi connectivity index (χ0v) is 13.7. The summed E-state index contributed by atoms with van der Waals surface area (Å²) in [5.41, 5.74) is -0.443. The molecule has 3 rings (SSSR count). The van der Waals surface area contributed by atoms with Gasteiger partial charge in [-0.3, -0.25) is 0 Å². The van der Waals surface area contributed by atoms with Crippen molar-refractivity contribution in [2.45, 2.75) is 0 Å². The number of carbonyl (C=O) groups excluding carboxylic acids is 1. The van der Waals surface area contributed by atoms with Crippen molar-refractivity contribution in [3.63, 3.8) is 0 Å². The normalized spacial score (nSPS) is 11.5. The second kappa shape index (κ2) is 6.18. The van der Waals surface area contributed by atoms with Crippen LogP contribution in [0.2, 0.25) is 10.0 Å². The third-order valence-electron chi connectivity index (χ3n) is 3.35. The summed E-state index contributed by atoms with van der Waals surface area (Å²) in [7, 11) is -2.30. The maximum atomic E-state index is 12.7. The average Bonchev–Trinajstić information content (AvgIpc) is 2.53. The minimum Gasteiger partial charge on any atom is -0.234 e. The van der Waals surface area contributed by atoms with Crippen LogP contribution in [0.3, 0.4) is 0 Å². The summed E-state index contributed by atoms with van der Waals surface area (Å²) < 4.78 is 12.7. The lowest BCUT2D eigenvalue weighted by Gasteiger charge is -2.00. The molecule has 3 aromatic carbocycles. The molecule has 0 aliphatic heterocycles. The summed E-state index contributed by atoms with van der Waals surface area (Å²) in [6.45, 7) is 0. The molecular formula is C17H10Cl2O2P+. The quantitative estimate of drug-likeness (QED) is 0.591. The summed E-state index contributed by atoms with van der Waals surface area (Å²) in [5.74, 6) is 0. The molecule has 0 saturated carbocycles. The lowest BCUT2D eigenvalue weighted by molar-refractivity contribution is 0.108. The van der Waals surface area contributed by atoms with E-state index in [4.69, 9.17) is 23.2 Å². The fraction of sp³-hybridized carbons (Fsp3) is 0. The van der Waals surface area contributed by atoms with Crippen molar-refractivity contribution < 1.29 is 9.36 Å². The Hall–Kier alpha value is -1.73. The van der Waals surface area contributed by atoms with Crippen LogP contribution in [0, 0.1) is 0 Å². The van der Waals surface area contributed by atoms with Crippen LogP contribution >= 0.6 is 31.0 Å². The first-order chi connectivity index (χ1) is 10.6. The van der Waals surface area contributed by atoms with E-state index in [1.54, 1.807) is 30.3 Å². The molecule has 0 N–H and O–H groups in total. The molecule has 0 fully saturated rings. The number of rotatable bonds is 3. The Morgan fingerprint density at radius 2 is 1.41 bits per heavy atom. The fourth-order valence-electron chi connectivity index (χ4n) is 2.30. The van der Waals surface area contributed by atoms with E-state index in [0.29, 0.717) is 5.30 Å². The Kier molecular flexibility index (Phi) is 4.26. The number of benzene rings is 3. The maximum absolute atomic E-state index is 12.7. The van der Waals surface area contributed by atoms with E-state index in [1.165, 1.54) is 0 Å². The third kappa shape index (κ3) is 2.66. The van der Waals surface area contributed by atoms with Crippen LogP contribution in [0.5, 0.6) is 0 Å². The molecule has 0 aromatic heterocycles. The molecular weight excluding hydrogens is 338 g/mol. The molecule has 108 valence electrons. The van der Waals surface area contributed by atoms with Crippen LogP contribution in [0.15, 0.2) is 60.7 Å². The second-order valence-electron chi connectivity index (χ2n) is 4.69. The van der Waals surface area contributed by atoms with Crippen molar-refractivity contribution in [1.82, 2.24) is 0 Å². The minimum absolute atomic E-state index is 0.111. The van der Waals surface area contributed by atoms with E-state index in [1.807, 2.05) is 30.3 Å². The van der Waals surface area contributed by atoms with E-state index in [9.17, 15) is 9.36 Å². The summed E-state index contributed by atoms with van der Waals surface area (Å²) in [5, 5.41) is 2.64. The summed E-state index contributed by atoms with van der Waals surface area (Å²) in [6.07, 6.45) is 0. The van der Waals surface area contributed by atoms with Crippen LogP contribution in [-0.2, 0) is 4.57 Å². The van der Waals surface area contributed by atoms with Gasteiger partial charge in [0.15, 0.2) is 0 Å². The topological polar surface area (TPSA) is 34.1 Å². The highest BCUT2D eigenvalue weighted by molar-refractivity contribution is 7.72. The smallest absolute Gasteiger partial charge is 0.234 e. The second-order valence-corrected chi connectivity index (χ2v) is 6.99. The van der Waals surface area contributed by atoms with E-state index in [-0.39, 0.29) is 15.6 Å². The maximum Gasteiger partial charge on any atom is 0.459 e. The van der Waals surface area contributed by atoms with Crippen LogP contribution in [-0.4, -0.2) is 5.52 Å². The summed E-state index contributed by atoms with van der Waals surface area (Å²) in [4.78, 5) is 12.6. The largest absolute Gasteiger partial charge is 0.459 e. The van der Waals surface area contributed by atoms with Gasteiger partial charge in [0.1, 0.15) is 5.56 Å². The fourth-order valence-corrected chi connectivity index (χ4v) is 4.31. The van der Waals surface area contributed by atoms with Gasteiger partial charge in [-0.2, -0.15) is 0 Å². The first-order valence-corrected chi connectivity index (χ1v) is 8.54. The van der Waals surface area contributed by atoms with Crippen LogP contribution < -0.4 is 5.30 Å². The van der Waals surface area contributed by atoms with E-state index >= 15 is 0 Å². The van der Waals surface area contributed by atoms with Crippen molar-refractivity contribution in [3.8, 4) is 0 Å². The van der Waals surface area contributed by atoms with Gasteiger partial charge in [-0.1, -0.05) is 64.2 Å². The molecule has 1 atom stereocenters. The molecule has 0 bridgehead atoms. The van der Waals surface area contributed by atoms with E-state index < -0.39 is 13.3 Å². The highest BCUT2D eigenvalue weighted by Gasteiger charge is 2.37. The Balaban J connectivity index is 2.12. The molecule has 0 heterocycles. The van der Waals surface area contributed by atoms with Crippen LogP contribution in [0.4, 0.5) is 0 Å². The van der Waals surface area contributed by atoms with Gasteiger partial charge >= 0.3 is 13.3 Å². The van der Waals surface area contributed by atoms with E-state index in [0.717, 1.165) is 10.8 Å². The molecule has 2 nitrogen and oxygen atoms in total. The molecule has 0 aliphatic carbocycles. The molecule has 0 spiro atoms. The van der Waals surface area contributed by atoms with Gasteiger partial charge in [-0.05, 0) is 29.7 Å². The number of carbonyl (C=O) groups is 1. The Morgan fingerprint density at radius 1 is 0.818 bits per heavy atom. The lowest BCUT2D eigenvalue weighted by Crippen LogP contribution is -2.06. The Labute approximate surface area is 138 Å². The Bertz CT molecular complexity index is 881. The first kappa shape index (κ1) is 15.2. The van der Waals surface area contributed by atoms with Gasteiger partial charge in [-0.15, -0.1) is 0 Å². The van der Waals surface area contributed by atoms with Crippen LogP contribution in [0.25, 0.3) is 10.8 Å². The number of hydrogen-bond acceptors (Lipinski definition) is 2. The highest BCUT2D eigenvalue weighted by Crippen LogP contribution is 2.35. The predicted octanol–water partition coefficient (Wildman–Crippen LogP) is 5.44. The molecule has 5 heteroatoms. The lowest BCUT2D eigenvalue weighted by atomic mass is 10.1.